The molecule has 1 atom stereocenters. The van der Waals surface area contributed by atoms with Crippen molar-refractivity contribution in [3.05, 3.63) is 23.8 Å². The number of hydrogen-bond donors (Lipinski definition) is 3. The molecule has 5 heteroatoms. The van der Waals surface area contributed by atoms with Gasteiger partial charge in [-0.2, -0.15) is 0 Å². The molecule has 0 bridgehead atoms. The Morgan fingerprint density at radius 1 is 1.56 bits per heavy atom. The number of rotatable bonds is 6. The molecule has 1 aromatic carbocycles. The Kier molecular flexibility index (Phi) is 3.72. The number of carboxylic acid groups (broad SMARTS) is 1. The maximum Gasteiger partial charge on any atom is 0.320 e. The van der Waals surface area contributed by atoms with Gasteiger partial charge in [0.25, 0.3) is 0 Å². The fourth-order valence-corrected chi connectivity index (χ4v) is 1.93. The molecular weight excluding hydrogens is 234 g/mol. The van der Waals surface area contributed by atoms with Crippen molar-refractivity contribution >= 4 is 5.97 Å². The average Bonchev–Trinajstić information content (AvgIpc) is 3.15. The maximum atomic E-state index is 11.0. The van der Waals surface area contributed by atoms with Gasteiger partial charge in [-0.15, -0.1) is 0 Å². The van der Waals surface area contributed by atoms with E-state index < -0.39 is 12.0 Å². The molecule has 0 heterocycles. The normalized spacial score (nSPS) is 16.3. The second-order valence-electron chi connectivity index (χ2n) is 4.53. The summed E-state index contributed by atoms with van der Waals surface area (Å²) in [5.41, 5.74) is 0.669. The summed E-state index contributed by atoms with van der Waals surface area (Å²) in [5.74, 6) is 0.0865. The zero-order valence-corrected chi connectivity index (χ0v) is 10.2. The number of methoxy groups -OCH3 is 1. The van der Waals surface area contributed by atoms with E-state index in [1.807, 2.05) is 0 Å². The van der Waals surface area contributed by atoms with Gasteiger partial charge in [0, 0.05) is 18.2 Å². The van der Waals surface area contributed by atoms with Crippen LogP contribution in [0.5, 0.6) is 11.5 Å². The van der Waals surface area contributed by atoms with Crippen LogP contribution in [0.2, 0.25) is 0 Å². The van der Waals surface area contributed by atoms with Crippen LogP contribution >= 0.6 is 0 Å². The number of aromatic hydroxyl groups is 1. The average molecular weight is 251 g/mol. The molecule has 5 nitrogen and oxygen atoms in total. The van der Waals surface area contributed by atoms with Crippen LogP contribution in [0.4, 0.5) is 0 Å². The van der Waals surface area contributed by atoms with Crippen LogP contribution < -0.4 is 10.1 Å². The molecule has 1 unspecified atom stereocenters. The standard InChI is InChI=1S/C13H17NO4/c1-18-10-5-4-9(11(15)6-10)7-14-12(13(16)17)8-2-3-8/h4-6,8,12,14-15H,2-3,7H2,1H3,(H,16,17). The van der Waals surface area contributed by atoms with Crippen LogP contribution in [-0.2, 0) is 11.3 Å². The van der Waals surface area contributed by atoms with Crippen molar-refractivity contribution < 1.29 is 19.7 Å². The number of hydrogen-bond acceptors (Lipinski definition) is 4. The molecule has 1 fully saturated rings. The molecule has 1 aromatic rings. The molecule has 1 aliphatic rings. The van der Waals surface area contributed by atoms with E-state index in [1.165, 1.54) is 13.2 Å². The van der Waals surface area contributed by atoms with Gasteiger partial charge < -0.3 is 14.9 Å². The molecule has 0 amide bonds. The largest absolute Gasteiger partial charge is 0.507 e. The fraction of sp³-hybridized carbons (Fsp3) is 0.462. The minimum atomic E-state index is -0.828. The molecule has 0 aromatic heterocycles. The summed E-state index contributed by atoms with van der Waals surface area (Å²) in [6, 6.07) is 4.46. The molecule has 0 radical (unpaired) electrons. The van der Waals surface area contributed by atoms with Crippen molar-refractivity contribution in [3.8, 4) is 11.5 Å². The van der Waals surface area contributed by atoms with Crippen LogP contribution in [0, 0.1) is 5.92 Å². The Labute approximate surface area is 105 Å². The lowest BCUT2D eigenvalue weighted by Crippen LogP contribution is -2.38. The van der Waals surface area contributed by atoms with Crippen LogP contribution in [-0.4, -0.2) is 29.3 Å². The minimum absolute atomic E-state index is 0.113. The highest BCUT2D eigenvalue weighted by Crippen LogP contribution is 2.33. The first kappa shape index (κ1) is 12.7. The van der Waals surface area contributed by atoms with Gasteiger partial charge in [0.1, 0.15) is 17.5 Å². The van der Waals surface area contributed by atoms with Crippen LogP contribution in [0.25, 0.3) is 0 Å². The zero-order chi connectivity index (χ0) is 13.1. The minimum Gasteiger partial charge on any atom is -0.507 e. The van der Waals surface area contributed by atoms with E-state index in [0.29, 0.717) is 17.9 Å². The molecule has 98 valence electrons. The maximum absolute atomic E-state index is 11.0. The van der Waals surface area contributed by atoms with Gasteiger partial charge in [-0.25, -0.2) is 0 Å². The number of ether oxygens (including phenoxy) is 1. The molecule has 1 aliphatic carbocycles. The van der Waals surface area contributed by atoms with E-state index in [9.17, 15) is 9.90 Å². The summed E-state index contributed by atoms with van der Waals surface area (Å²) in [4.78, 5) is 11.0. The third-order valence-corrected chi connectivity index (χ3v) is 3.16. The van der Waals surface area contributed by atoms with E-state index in [1.54, 1.807) is 12.1 Å². The quantitative estimate of drug-likeness (QED) is 0.711. The summed E-state index contributed by atoms with van der Waals surface area (Å²) >= 11 is 0. The van der Waals surface area contributed by atoms with Gasteiger partial charge in [0.15, 0.2) is 0 Å². The molecule has 2 rings (SSSR count). The van der Waals surface area contributed by atoms with Crippen molar-refractivity contribution in [2.24, 2.45) is 5.92 Å². The first-order chi connectivity index (χ1) is 8.61. The monoisotopic (exact) mass is 251 g/mol. The SMILES string of the molecule is COc1ccc(CNC(C(=O)O)C2CC2)c(O)c1. The Balaban J connectivity index is 1.98. The van der Waals surface area contributed by atoms with Crippen molar-refractivity contribution in [3.63, 3.8) is 0 Å². The van der Waals surface area contributed by atoms with Crippen LogP contribution in [0.3, 0.4) is 0 Å². The van der Waals surface area contributed by atoms with E-state index in [2.05, 4.69) is 5.32 Å². The van der Waals surface area contributed by atoms with Gasteiger partial charge in [-0.3, -0.25) is 10.1 Å². The molecular formula is C13H17NO4. The molecule has 18 heavy (non-hydrogen) atoms. The first-order valence-corrected chi connectivity index (χ1v) is 5.94. The number of aliphatic carboxylic acids is 1. The highest BCUT2D eigenvalue weighted by Gasteiger charge is 2.35. The number of carbonyl (C=O) groups is 1. The van der Waals surface area contributed by atoms with Crippen molar-refractivity contribution in [1.29, 1.82) is 0 Å². The molecule has 0 spiro atoms. The van der Waals surface area contributed by atoms with E-state index in [0.717, 1.165) is 12.8 Å². The topological polar surface area (TPSA) is 78.8 Å². The summed E-state index contributed by atoms with van der Waals surface area (Å²) in [6.07, 6.45) is 1.91. The summed E-state index contributed by atoms with van der Waals surface area (Å²) in [5, 5.41) is 21.8. The Hall–Kier alpha value is -1.75. The lowest BCUT2D eigenvalue weighted by Gasteiger charge is -2.14. The predicted octanol–water partition coefficient (Wildman–Crippen LogP) is 1.35. The summed E-state index contributed by atoms with van der Waals surface area (Å²) in [7, 11) is 1.53. The number of phenols is 1. The molecule has 1 saturated carbocycles. The van der Waals surface area contributed by atoms with Gasteiger partial charge in [0.2, 0.25) is 0 Å². The van der Waals surface area contributed by atoms with Gasteiger partial charge >= 0.3 is 5.97 Å². The number of nitrogens with one attached hydrogen (secondary N) is 1. The van der Waals surface area contributed by atoms with E-state index >= 15 is 0 Å². The summed E-state index contributed by atoms with van der Waals surface area (Å²) in [6.45, 7) is 0.337. The van der Waals surface area contributed by atoms with Gasteiger partial charge in [-0.1, -0.05) is 6.07 Å². The van der Waals surface area contributed by atoms with E-state index in [4.69, 9.17) is 9.84 Å². The first-order valence-electron chi connectivity index (χ1n) is 5.94. The predicted molar refractivity (Wildman–Crippen MR) is 65.6 cm³/mol. The van der Waals surface area contributed by atoms with Crippen molar-refractivity contribution in [2.45, 2.75) is 25.4 Å². The number of carboxylic acids is 1. The summed E-state index contributed by atoms with van der Waals surface area (Å²) < 4.78 is 4.99. The second kappa shape index (κ2) is 5.27. The van der Waals surface area contributed by atoms with Crippen LogP contribution in [0.15, 0.2) is 18.2 Å². The third kappa shape index (κ3) is 2.92. The van der Waals surface area contributed by atoms with Gasteiger partial charge in [-0.05, 0) is 24.8 Å². The zero-order valence-electron chi connectivity index (χ0n) is 10.2. The van der Waals surface area contributed by atoms with Crippen LogP contribution in [0.1, 0.15) is 18.4 Å². The fourth-order valence-electron chi connectivity index (χ4n) is 1.93. The molecule has 0 saturated heterocycles. The lowest BCUT2D eigenvalue weighted by molar-refractivity contribution is -0.140. The van der Waals surface area contributed by atoms with E-state index in [-0.39, 0.29) is 11.7 Å². The highest BCUT2D eigenvalue weighted by molar-refractivity contribution is 5.74. The van der Waals surface area contributed by atoms with Crippen molar-refractivity contribution in [2.75, 3.05) is 7.11 Å². The Morgan fingerprint density at radius 3 is 2.78 bits per heavy atom. The smallest absolute Gasteiger partial charge is 0.320 e. The van der Waals surface area contributed by atoms with Crippen molar-refractivity contribution in [1.82, 2.24) is 5.32 Å². The Bertz CT molecular complexity index is 443. The molecule has 0 aliphatic heterocycles. The highest BCUT2D eigenvalue weighted by atomic mass is 16.5. The second-order valence-corrected chi connectivity index (χ2v) is 4.53. The Morgan fingerprint density at radius 2 is 2.28 bits per heavy atom. The number of phenolic OH excluding ortho intramolecular Hbond substituents is 1. The lowest BCUT2D eigenvalue weighted by atomic mass is 10.1. The third-order valence-electron chi connectivity index (χ3n) is 3.16. The van der Waals surface area contributed by atoms with Gasteiger partial charge in [0.05, 0.1) is 7.11 Å². The number of benzene rings is 1. The molecule has 3 N–H and O–H groups in total.